The van der Waals surface area contributed by atoms with Gasteiger partial charge in [0.15, 0.2) is 0 Å². The zero-order chi connectivity index (χ0) is 15.4. The van der Waals surface area contributed by atoms with Gasteiger partial charge in [-0.2, -0.15) is 0 Å². The Hall–Kier alpha value is -1.35. The molecule has 1 N–H and O–H groups in total. The minimum atomic E-state index is -0.0943. The van der Waals surface area contributed by atoms with Gasteiger partial charge in [-0.15, -0.1) is 0 Å². The molecule has 1 aromatic carbocycles. The summed E-state index contributed by atoms with van der Waals surface area (Å²) < 4.78 is 0. The summed E-state index contributed by atoms with van der Waals surface area (Å²) in [6.45, 7) is 5.06. The highest BCUT2D eigenvalue weighted by Gasteiger charge is 2.23. The first kappa shape index (κ1) is 16.0. The summed E-state index contributed by atoms with van der Waals surface area (Å²) in [5.41, 5.74) is 2.71. The van der Waals surface area contributed by atoms with Gasteiger partial charge in [0.1, 0.15) is 0 Å². The molecular weight excluding hydrogens is 260 g/mol. The Morgan fingerprint density at radius 2 is 1.86 bits per heavy atom. The standard InChI is InChI=1S/C18H28N2O/c1-13(2)11-17(18(21)20(3)4)19-12-14-5-7-15(8-6-14)16-9-10-16/h5-8,13,16-17,19H,9-12H2,1-4H3. The fourth-order valence-corrected chi connectivity index (χ4v) is 2.62. The molecule has 0 heterocycles. The van der Waals surface area contributed by atoms with E-state index in [1.807, 2.05) is 14.1 Å². The minimum absolute atomic E-state index is 0.0943. The van der Waals surface area contributed by atoms with Crippen molar-refractivity contribution in [1.29, 1.82) is 0 Å². The summed E-state index contributed by atoms with van der Waals surface area (Å²) in [7, 11) is 3.64. The Bertz CT molecular complexity index is 461. The van der Waals surface area contributed by atoms with Gasteiger partial charge in [-0.3, -0.25) is 4.79 Å². The molecule has 116 valence electrons. The first-order valence-corrected chi connectivity index (χ1v) is 8.00. The fourth-order valence-electron chi connectivity index (χ4n) is 2.62. The molecule has 1 atom stereocenters. The number of carbonyl (C=O) groups excluding carboxylic acids is 1. The van der Waals surface area contributed by atoms with Crippen LogP contribution in [0.4, 0.5) is 0 Å². The van der Waals surface area contributed by atoms with E-state index in [4.69, 9.17) is 0 Å². The third-order valence-corrected chi connectivity index (χ3v) is 4.03. The molecule has 1 unspecified atom stereocenters. The van der Waals surface area contributed by atoms with Crippen LogP contribution in [0.1, 0.15) is 50.2 Å². The van der Waals surface area contributed by atoms with E-state index in [9.17, 15) is 4.79 Å². The highest BCUT2D eigenvalue weighted by atomic mass is 16.2. The van der Waals surface area contributed by atoms with Crippen molar-refractivity contribution in [1.82, 2.24) is 10.2 Å². The minimum Gasteiger partial charge on any atom is -0.347 e. The highest BCUT2D eigenvalue weighted by molar-refractivity contribution is 5.81. The number of nitrogens with one attached hydrogen (secondary N) is 1. The van der Waals surface area contributed by atoms with E-state index in [2.05, 4.69) is 43.4 Å². The van der Waals surface area contributed by atoms with Gasteiger partial charge in [-0.05, 0) is 42.2 Å². The number of hydrogen-bond donors (Lipinski definition) is 1. The molecule has 1 fully saturated rings. The molecule has 2 rings (SSSR count). The molecule has 3 heteroatoms. The molecule has 0 radical (unpaired) electrons. The van der Waals surface area contributed by atoms with Crippen LogP contribution < -0.4 is 5.32 Å². The van der Waals surface area contributed by atoms with Gasteiger partial charge < -0.3 is 10.2 Å². The van der Waals surface area contributed by atoms with Crippen LogP contribution in [0.25, 0.3) is 0 Å². The van der Waals surface area contributed by atoms with E-state index >= 15 is 0 Å². The third kappa shape index (κ3) is 4.85. The number of nitrogens with zero attached hydrogens (tertiary/aromatic N) is 1. The van der Waals surface area contributed by atoms with E-state index in [-0.39, 0.29) is 11.9 Å². The molecule has 1 aliphatic carbocycles. The van der Waals surface area contributed by atoms with Crippen LogP contribution in [0.3, 0.4) is 0 Å². The quantitative estimate of drug-likeness (QED) is 0.836. The maximum Gasteiger partial charge on any atom is 0.239 e. The maximum atomic E-state index is 12.2. The van der Waals surface area contributed by atoms with E-state index in [1.165, 1.54) is 24.0 Å². The van der Waals surface area contributed by atoms with E-state index in [0.717, 1.165) is 18.9 Å². The van der Waals surface area contributed by atoms with E-state index < -0.39 is 0 Å². The summed E-state index contributed by atoms with van der Waals surface area (Å²) in [4.78, 5) is 13.9. The molecule has 0 saturated heterocycles. The van der Waals surface area contributed by atoms with E-state index in [1.54, 1.807) is 4.90 Å². The molecule has 1 aliphatic rings. The molecule has 1 amide bonds. The second-order valence-electron chi connectivity index (χ2n) is 6.81. The van der Waals surface area contributed by atoms with Crippen LogP contribution >= 0.6 is 0 Å². The fraction of sp³-hybridized carbons (Fsp3) is 0.611. The lowest BCUT2D eigenvalue weighted by atomic mass is 10.0. The van der Waals surface area contributed by atoms with Gasteiger partial charge in [0.05, 0.1) is 6.04 Å². The smallest absolute Gasteiger partial charge is 0.239 e. The number of hydrogen-bond acceptors (Lipinski definition) is 2. The van der Waals surface area contributed by atoms with Crippen molar-refractivity contribution in [2.45, 2.75) is 51.6 Å². The zero-order valence-corrected chi connectivity index (χ0v) is 13.7. The Morgan fingerprint density at radius 1 is 1.24 bits per heavy atom. The monoisotopic (exact) mass is 288 g/mol. The van der Waals surface area contributed by atoms with Crippen LogP contribution in [0.5, 0.6) is 0 Å². The predicted octanol–water partition coefficient (Wildman–Crippen LogP) is 3.16. The molecule has 0 aliphatic heterocycles. The van der Waals surface area contributed by atoms with Crippen molar-refractivity contribution in [3.05, 3.63) is 35.4 Å². The van der Waals surface area contributed by atoms with Crippen LogP contribution in [0.2, 0.25) is 0 Å². The zero-order valence-electron chi connectivity index (χ0n) is 13.7. The highest BCUT2D eigenvalue weighted by Crippen LogP contribution is 2.39. The van der Waals surface area contributed by atoms with Crippen LogP contribution in [-0.4, -0.2) is 30.9 Å². The Balaban J connectivity index is 1.91. The van der Waals surface area contributed by atoms with Crippen LogP contribution in [0, 0.1) is 5.92 Å². The van der Waals surface area contributed by atoms with Crippen LogP contribution in [-0.2, 0) is 11.3 Å². The third-order valence-electron chi connectivity index (χ3n) is 4.03. The second kappa shape index (κ2) is 7.08. The summed E-state index contributed by atoms with van der Waals surface area (Å²) >= 11 is 0. The molecule has 1 saturated carbocycles. The van der Waals surface area contributed by atoms with Crippen molar-refractivity contribution in [2.75, 3.05) is 14.1 Å². The molecule has 3 nitrogen and oxygen atoms in total. The largest absolute Gasteiger partial charge is 0.347 e. The summed E-state index contributed by atoms with van der Waals surface area (Å²) in [5.74, 6) is 1.47. The van der Waals surface area contributed by atoms with Crippen molar-refractivity contribution in [3.8, 4) is 0 Å². The van der Waals surface area contributed by atoms with Crippen molar-refractivity contribution in [3.63, 3.8) is 0 Å². The maximum absolute atomic E-state index is 12.2. The summed E-state index contributed by atoms with van der Waals surface area (Å²) in [5, 5.41) is 3.42. The van der Waals surface area contributed by atoms with Gasteiger partial charge in [0, 0.05) is 20.6 Å². The predicted molar refractivity (Wildman–Crippen MR) is 87.2 cm³/mol. The Morgan fingerprint density at radius 3 is 2.33 bits per heavy atom. The summed E-state index contributed by atoms with van der Waals surface area (Å²) in [6, 6.07) is 8.75. The average molecular weight is 288 g/mol. The Kier molecular flexibility index (Phi) is 5.40. The lowest BCUT2D eigenvalue weighted by molar-refractivity contribution is -0.131. The van der Waals surface area contributed by atoms with Crippen molar-refractivity contribution >= 4 is 5.91 Å². The number of benzene rings is 1. The van der Waals surface area contributed by atoms with Gasteiger partial charge >= 0.3 is 0 Å². The van der Waals surface area contributed by atoms with E-state index in [0.29, 0.717) is 5.92 Å². The normalized spacial score (nSPS) is 16.0. The van der Waals surface area contributed by atoms with Gasteiger partial charge in [0.2, 0.25) is 5.91 Å². The number of amides is 1. The van der Waals surface area contributed by atoms with Gasteiger partial charge in [0.25, 0.3) is 0 Å². The Labute approximate surface area is 128 Å². The first-order valence-electron chi connectivity index (χ1n) is 8.00. The SMILES string of the molecule is CC(C)CC(NCc1ccc(C2CC2)cc1)C(=O)N(C)C. The molecule has 0 spiro atoms. The second-order valence-corrected chi connectivity index (χ2v) is 6.81. The molecule has 1 aromatic rings. The average Bonchev–Trinajstić information content (AvgIpc) is 3.27. The summed E-state index contributed by atoms with van der Waals surface area (Å²) in [6.07, 6.45) is 3.55. The molecule has 21 heavy (non-hydrogen) atoms. The number of likely N-dealkylation sites (N-methyl/N-ethyl adjacent to an activating group) is 1. The molecule has 0 bridgehead atoms. The topological polar surface area (TPSA) is 32.3 Å². The van der Waals surface area contributed by atoms with Gasteiger partial charge in [-0.25, -0.2) is 0 Å². The first-order chi connectivity index (χ1) is 9.97. The lowest BCUT2D eigenvalue weighted by Gasteiger charge is -2.23. The lowest BCUT2D eigenvalue weighted by Crippen LogP contribution is -2.44. The van der Waals surface area contributed by atoms with Gasteiger partial charge in [-0.1, -0.05) is 38.1 Å². The molecule has 0 aromatic heterocycles. The molecular formula is C18H28N2O. The van der Waals surface area contributed by atoms with Crippen molar-refractivity contribution in [2.24, 2.45) is 5.92 Å². The number of carbonyl (C=O) groups is 1. The van der Waals surface area contributed by atoms with Crippen LogP contribution in [0.15, 0.2) is 24.3 Å². The van der Waals surface area contributed by atoms with Crippen molar-refractivity contribution < 1.29 is 4.79 Å². The number of rotatable bonds is 7.